The van der Waals surface area contributed by atoms with Gasteiger partial charge in [0.1, 0.15) is 17.2 Å². The number of pyridine rings is 1. The number of nitrogen functional groups attached to an aromatic ring is 1. The van der Waals surface area contributed by atoms with E-state index in [1.165, 1.54) is 33.7 Å². The van der Waals surface area contributed by atoms with Crippen LogP contribution in [-0.2, 0) is 21.7 Å². The van der Waals surface area contributed by atoms with Crippen LogP contribution in [-0.4, -0.2) is 101 Å². The van der Waals surface area contributed by atoms with Crippen molar-refractivity contribution in [2.45, 2.75) is 23.8 Å². The third kappa shape index (κ3) is 5.15. The van der Waals surface area contributed by atoms with Gasteiger partial charge in [0.05, 0.1) is 27.9 Å². The fourth-order valence-corrected chi connectivity index (χ4v) is 7.23. The average Bonchev–Trinajstić information content (AvgIpc) is 3.31. The maximum Gasteiger partial charge on any atom is 0.355 e. The van der Waals surface area contributed by atoms with Gasteiger partial charge in [-0.15, -0.1) is 0 Å². The summed E-state index contributed by atoms with van der Waals surface area (Å²) in [6, 6.07) is 5.85. The highest BCUT2D eigenvalue weighted by molar-refractivity contribution is 7.90. The molecular formula is C30H34FN9O4S. The van der Waals surface area contributed by atoms with Crippen LogP contribution in [0.3, 0.4) is 0 Å². The Morgan fingerprint density at radius 1 is 1.16 bits per heavy atom. The molecule has 13 nitrogen and oxygen atoms in total. The summed E-state index contributed by atoms with van der Waals surface area (Å²) in [5.74, 6) is -0.817. The Morgan fingerprint density at radius 2 is 1.89 bits per heavy atom. The number of fused-ring (bicyclic) bond motifs is 1. The SMILES string of the molecule is C=CC(=O)N1CCN(c2nc(=O)n(-c3c(C4CN(C)C4)cccc3S(C)(=O)=O)c3nc(-c4c(N)cnn4C)c(F)cc23)[C@@H](C)C1. The number of carbonyl (C=O) groups excluding carboxylic acids is 1. The third-order valence-electron chi connectivity index (χ3n) is 8.54. The van der Waals surface area contributed by atoms with Crippen LogP contribution in [0.2, 0.25) is 0 Å². The lowest BCUT2D eigenvalue weighted by Crippen LogP contribution is -2.54. The highest BCUT2D eigenvalue weighted by atomic mass is 32.2. The summed E-state index contributed by atoms with van der Waals surface area (Å²) in [6.45, 7) is 7.72. The van der Waals surface area contributed by atoms with Gasteiger partial charge in [0, 0.05) is 58.0 Å². The number of nitrogens with two attached hydrogens (primary N) is 1. The number of aromatic nitrogens is 5. The van der Waals surface area contributed by atoms with Crippen LogP contribution in [0, 0.1) is 5.82 Å². The van der Waals surface area contributed by atoms with Crippen molar-refractivity contribution in [1.29, 1.82) is 0 Å². The Kier molecular flexibility index (Phi) is 7.48. The molecule has 2 saturated heterocycles. The maximum absolute atomic E-state index is 16.1. The Morgan fingerprint density at radius 3 is 2.49 bits per heavy atom. The molecule has 6 rings (SSSR count). The number of para-hydroxylation sites is 1. The average molecular weight is 636 g/mol. The first-order chi connectivity index (χ1) is 21.3. The van der Waals surface area contributed by atoms with Gasteiger partial charge in [0.2, 0.25) is 5.91 Å². The van der Waals surface area contributed by atoms with Crippen molar-refractivity contribution in [1.82, 2.24) is 34.1 Å². The van der Waals surface area contributed by atoms with Crippen LogP contribution in [0.1, 0.15) is 18.4 Å². The molecule has 1 aromatic carbocycles. The van der Waals surface area contributed by atoms with E-state index in [1.54, 1.807) is 24.1 Å². The molecule has 1 atom stereocenters. The van der Waals surface area contributed by atoms with Gasteiger partial charge >= 0.3 is 5.69 Å². The van der Waals surface area contributed by atoms with Gasteiger partial charge in [-0.05, 0) is 37.7 Å². The lowest BCUT2D eigenvalue weighted by molar-refractivity contribution is -0.126. The molecule has 0 unspecified atom stereocenters. The summed E-state index contributed by atoms with van der Waals surface area (Å²) in [5, 5.41) is 4.32. The standard InChI is InChI=1S/C30H34FN9O4S/c1-6-24(41)38-10-11-39(17(2)14-38)28-20-12-21(31)25(27-22(32)13-33-37(27)4)34-29(20)40(30(42)35-28)26-19(18-15-36(3)16-18)8-7-9-23(26)45(5,43)44/h6-9,12-13,17-18H,1,10-11,14-16,32H2,2-5H3/t17-/m0/s1. The Hall–Kier alpha value is -4.63. The maximum atomic E-state index is 16.1. The fourth-order valence-electron chi connectivity index (χ4n) is 6.34. The number of hydrogen-bond donors (Lipinski definition) is 1. The molecule has 1 amide bonds. The van der Waals surface area contributed by atoms with Crippen molar-refractivity contribution >= 4 is 38.3 Å². The lowest BCUT2D eigenvalue weighted by atomic mass is 9.90. The number of piperazine rings is 1. The summed E-state index contributed by atoms with van der Waals surface area (Å²) < 4.78 is 45.0. The Balaban J connectivity index is 1.67. The van der Waals surface area contributed by atoms with Crippen LogP contribution in [0.5, 0.6) is 0 Å². The lowest BCUT2D eigenvalue weighted by Gasteiger charge is -2.40. The van der Waals surface area contributed by atoms with Crippen molar-refractivity contribution in [3.8, 4) is 17.1 Å². The molecule has 236 valence electrons. The molecule has 0 radical (unpaired) electrons. The Bertz CT molecular complexity index is 2020. The van der Waals surface area contributed by atoms with E-state index in [0.29, 0.717) is 38.3 Å². The zero-order valence-corrected chi connectivity index (χ0v) is 26.3. The highest BCUT2D eigenvalue weighted by Gasteiger charge is 2.34. The number of likely N-dealkylation sites (N-methyl/N-ethyl adjacent to an activating group) is 1. The predicted molar refractivity (Wildman–Crippen MR) is 169 cm³/mol. The molecule has 0 saturated carbocycles. The largest absolute Gasteiger partial charge is 0.396 e. The van der Waals surface area contributed by atoms with Crippen molar-refractivity contribution in [3.05, 3.63) is 65.0 Å². The third-order valence-corrected chi connectivity index (χ3v) is 9.66. The van der Waals surface area contributed by atoms with Gasteiger partial charge in [0.15, 0.2) is 21.3 Å². The quantitative estimate of drug-likeness (QED) is 0.309. The van der Waals surface area contributed by atoms with Gasteiger partial charge in [-0.3, -0.25) is 9.48 Å². The normalized spacial score (nSPS) is 17.9. The van der Waals surface area contributed by atoms with Crippen LogP contribution >= 0.6 is 0 Å². The molecule has 0 spiro atoms. The number of aryl methyl sites for hydroxylation is 1. The number of halogens is 1. The minimum Gasteiger partial charge on any atom is -0.396 e. The zero-order valence-electron chi connectivity index (χ0n) is 25.4. The molecule has 45 heavy (non-hydrogen) atoms. The van der Waals surface area contributed by atoms with Crippen molar-refractivity contribution in [2.75, 3.05) is 56.7 Å². The number of hydrogen-bond acceptors (Lipinski definition) is 10. The second-order valence-electron chi connectivity index (χ2n) is 11.7. The molecule has 2 N–H and O–H groups in total. The first kappa shape index (κ1) is 30.4. The first-order valence-electron chi connectivity index (χ1n) is 14.4. The Labute approximate surface area is 259 Å². The summed E-state index contributed by atoms with van der Waals surface area (Å²) in [5.41, 5.74) is 6.42. The predicted octanol–water partition coefficient (Wildman–Crippen LogP) is 1.56. The van der Waals surface area contributed by atoms with Crippen LogP contribution in [0.4, 0.5) is 15.9 Å². The number of nitrogens with zero attached hydrogens (tertiary/aromatic N) is 8. The molecule has 0 aliphatic carbocycles. The summed E-state index contributed by atoms with van der Waals surface area (Å²) >= 11 is 0. The molecule has 15 heteroatoms. The molecular weight excluding hydrogens is 601 g/mol. The number of likely N-dealkylation sites (tertiary alicyclic amines) is 1. The van der Waals surface area contributed by atoms with Crippen molar-refractivity contribution < 1.29 is 17.6 Å². The van der Waals surface area contributed by atoms with E-state index >= 15 is 4.39 Å². The molecule has 2 aliphatic rings. The number of anilines is 2. The monoisotopic (exact) mass is 635 g/mol. The highest BCUT2D eigenvalue weighted by Crippen LogP contribution is 2.37. The second-order valence-corrected chi connectivity index (χ2v) is 13.7. The minimum atomic E-state index is -3.84. The fraction of sp³-hybridized carbons (Fsp3) is 0.367. The molecule has 2 aliphatic heterocycles. The van der Waals surface area contributed by atoms with Crippen LogP contribution in [0.15, 0.2) is 52.8 Å². The topological polar surface area (TPSA) is 153 Å². The number of amides is 1. The second kappa shape index (κ2) is 11.1. The van der Waals surface area contributed by atoms with Gasteiger partial charge in [-0.25, -0.2) is 27.2 Å². The van der Waals surface area contributed by atoms with E-state index in [9.17, 15) is 18.0 Å². The smallest absolute Gasteiger partial charge is 0.355 e. The van der Waals surface area contributed by atoms with Gasteiger partial charge in [-0.1, -0.05) is 18.7 Å². The van der Waals surface area contributed by atoms with Gasteiger partial charge in [-0.2, -0.15) is 10.1 Å². The van der Waals surface area contributed by atoms with Crippen LogP contribution in [0.25, 0.3) is 28.1 Å². The molecule has 0 bridgehead atoms. The minimum absolute atomic E-state index is 0.0174. The first-order valence-corrected chi connectivity index (χ1v) is 16.3. The number of benzene rings is 1. The molecule has 3 aromatic heterocycles. The van der Waals surface area contributed by atoms with Crippen molar-refractivity contribution in [3.63, 3.8) is 0 Å². The molecule has 4 aromatic rings. The number of rotatable bonds is 6. The summed E-state index contributed by atoms with van der Waals surface area (Å²) in [4.78, 5) is 41.2. The van der Waals surface area contributed by atoms with Gasteiger partial charge < -0.3 is 20.4 Å². The summed E-state index contributed by atoms with van der Waals surface area (Å²) in [7, 11) is -0.298. The van der Waals surface area contributed by atoms with E-state index in [1.807, 2.05) is 18.9 Å². The van der Waals surface area contributed by atoms with E-state index in [4.69, 9.17) is 10.7 Å². The van der Waals surface area contributed by atoms with Gasteiger partial charge in [0.25, 0.3) is 0 Å². The number of carbonyl (C=O) groups is 1. The molecule has 5 heterocycles. The zero-order chi connectivity index (χ0) is 32.4. The van der Waals surface area contributed by atoms with Crippen LogP contribution < -0.4 is 16.3 Å². The van der Waals surface area contributed by atoms with Crippen molar-refractivity contribution in [2.24, 2.45) is 7.05 Å². The van der Waals surface area contributed by atoms with E-state index < -0.39 is 21.3 Å². The van der Waals surface area contributed by atoms with E-state index in [-0.39, 0.29) is 62.4 Å². The number of sulfone groups is 1. The molecule has 2 fully saturated rings. The summed E-state index contributed by atoms with van der Waals surface area (Å²) in [6.07, 6.45) is 3.71. The van der Waals surface area contributed by atoms with E-state index in [0.717, 1.165) is 6.26 Å². The van der Waals surface area contributed by atoms with E-state index in [2.05, 4.69) is 21.6 Å².